The molecule has 0 fully saturated rings. The highest BCUT2D eigenvalue weighted by Gasteiger charge is 2.11. The van der Waals surface area contributed by atoms with Crippen molar-refractivity contribution < 1.29 is 8.42 Å². The number of halogens is 1. The van der Waals surface area contributed by atoms with Crippen LogP contribution in [0.1, 0.15) is 11.1 Å². The summed E-state index contributed by atoms with van der Waals surface area (Å²) in [6, 6.07) is 14.2. The predicted molar refractivity (Wildman–Crippen MR) is 88.3 cm³/mol. The zero-order chi connectivity index (χ0) is 14.6. The number of hydrogen-bond acceptors (Lipinski definition) is 3. The fourth-order valence-electron chi connectivity index (χ4n) is 1.49. The van der Waals surface area contributed by atoms with Crippen molar-refractivity contribution in [2.75, 3.05) is 0 Å². The summed E-state index contributed by atoms with van der Waals surface area (Å²) in [5.41, 5.74) is 1.84. The van der Waals surface area contributed by atoms with Crippen LogP contribution in [0.5, 0.6) is 0 Å². The minimum atomic E-state index is -3.60. The van der Waals surface area contributed by atoms with Gasteiger partial charge in [0.25, 0.3) is 10.0 Å². The van der Waals surface area contributed by atoms with Crippen molar-refractivity contribution in [1.29, 1.82) is 0 Å². The van der Waals surface area contributed by atoms with Crippen LogP contribution in [0.3, 0.4) is 0 Å². The Morgan fingerprint density at radius 3 is 2.25 bits per heavy atom. The van der Waals surface area contributed by atoms with E-state index in [1.165, 1.54) is 6.21 Å². The second kappa shape index (κ2) is 6.36. The molecule has 0 saturated heterocycles. The van der Waals surface area contributed by atoms with Crippen LogP contribution in [0.4, 0.5) is 0 Å². The largest absolute Gasteiger partial charge is 0.276 e. The van der Waals surface area contributed by atoms with Crippen molar-refractivity contribution in [3.05, 3.63) is 63.2 Å². The summed E-state index contributed by atoms with van der Waals surface area (Å²) >= 11 is 2.20. The number of nitrogens with one attached hydrogen (secondary N) is 1. The summed E-state index contributed by atoms with van der Waals surface area (Å²) in [6.07, 6.45) is 1.47. The van der Waals surface area contributed by atoms with Gasteiger partial charge in [0.1, 0.15) is 0 Å². The van der Waals surface area contributed by atoms with Gasteiger partial charge >= 0.3 is 0 Å². The van der Waals surface area contributed by atoms with Crippen molar-refractivity contribution in [2.24, 2.45) is 5.10 Å². The summed E-state index contributed by atoms with van der Waals surface area (Å²) in [5.74, 6) is 0. The van der Waals surface area contributed by atoms with Gasteiger partial charge in [0.05, 0.1) is 11.1 Å². The third-order valence-electron chi connectivity index (χ3n) is 2.59. The molecular weight excluding hydrogens is 387 g/mol. The van der Waals surface area contributed by atoms with Gasteiger partial charge in [0.2, 0.25) is 0 Å². The molecule has 0 heterocycles. The summed E-state index contributed by atoms with van der Waals surface area (Å²) in [5, 5.41) is 3.78. The van der Waals surface area contributed by atoms with E-state index in [2.05, 4.69) is 32.5 Å². The third kappa shape index (κ3) is 4.04. The number of sulfonamides is 1. The number of aryl methyl sites for hydroxylation is 1. The molecule has 20 heavy (non-hydrogen) atoms. The first-order valence-corrected chi connectivity index (χ1v) is 8.41. The lowest BCUT2D eigenvalue weighted by Gasteiger charge is -2.03. The van der Waals surface area contributed by atoms with Crippen LogP contribution in [-0.2, 0) is 10.0 Å². The quantitative estimate of drug-likeness (QED) is 0.488. The molecule has 1 N–H and O–H groups in total. The van der Waals surface area contributed by atoms with Gasteiger partial charge in [-0.25, -0.2) is 4.83 Å². The Balaban J connectivity index is 2.09. The Morgan fingerprint density at radius 2 is 1.65 bits per heavy atom. The van der Waals surface area contributed by atoms with Gasteiger partial charge in [-0.05, 0) is 59.3 Å². The Morgan fingerprint density at radius 1 is 1.05 bits per heavy atom. The first-order chi connectivity index (χ1) is 9.47. The molecule has 0 spiro atoms. The van der Waals surface area contributed by atoms with Crippen molar-refractivity contribution in [3.8, 4) is 0 Å². The van der Waals surface area contributed by atoms with E-state index in [1.807, 2.05) is 31.2 Å². The molecule has 0 amide bonds. The van der Waals surface area contributed by atoms with Crippen LogP contribution in [0.25, 0.3) is 0 Å². The van der Waals surface area contributed by atoms with Crippen LogP contribution in [-0.4, -0.2) is 14.6 Å². The molecule has 0 unspecified atom stereocenters. The van der Waals surface area contributed by atoms with Gasteiger partial charge in [-0.15, -0.1) is 0 Å². The first-order valence-electron chi connectivity index (χ1n) is 5.84. The van der Waals surface area contributed by atoms with E-state index < -0.39 is 10.0 Å². The Kier molecular flexibility index (Phi) is 4.77. The Hall–Kier alpha value is -1.41. The summed E-state index contributed by atoms with van der Waals surface area (Å²) in [7, 11) is -3.60. The van der Waals surface area contributed by atoms with E-state index in [0.717, 1.165) is 14.7 Å². The maximum Gasteiger partial charge on any atom is 0.276 e. The molecule has 4 nitrogen and oxygen atoms in total. The highest BCUT2D eigenvalue weighted by Crippen LogP contribution is 2.09. The van der Waals surface area contributed by atoms with Gasteiger partial charge < -0.3 is 0 Å². The molecule has 2 rings (SSSR count). The maximum atomic E-state index is 12.0. The van der Waals surface area contributed by atoms with Crippen LogP contribution >= 0.6 is 22.6 Å². The third-order valence-corrected chi connectivity index (χ3v) is 4.55. The van der Waals surface area contributed by atoms with Crippen LogP contribution in [0.2, 0.25) is 0 Å². The Bertz CT molecular complexity index is 708. The molecule has 0 aliphatic rings. The average molecular weight is 400 g/mol. The van der Waals surface area contributed by atoms with E-state index >= 15 is 0 Å². The molecule has 104 valence electrons. The average Bonchev–Trinajstić information content (AvgIpc) is 2.41. The van der Waals surface area contributed by atoms with Crippen molar-refractivity contribution in [2.45, 2.75) is 11.8 Å². The molecule has 2 aromatic carbocycles. The molecule has 2 aromatic rings. The van der Waals surface area contributed by atoms with Gasteiger partial charge in [0.15, 0.2) is 0 Å². The number of hydrazone groups is 1. The van der Waals surface area contributed by atoms with Crippen molar-refractivity contribution >= 4 is 38.8 Å². The molecule has 0 aromatic heterocycles. The fraction of sp³-hybridized carbons (Fsp3) is 0.0714. The van der Waals surface area contributed by atoms with E-state index in [0.29, 0.717) is 0 Å². The zero-order valence-electron chi connectivity index (χ0n) is 10.7. The lowest BCUT2D eigenvalue weighted by Crippen LogP contribution is -2.18. The standard InChI is InChI=1S/C14H13IN2O2S/c1-11-2-8-14(9-3-11)20(18,19)17-16-10-12-4-6-13(15)7-5-12/h2-10,17H,1H3. The minimum absolute atomic E-state index is 0.197. The zero-order valence-corrected chi connectivity index (χ0v) is 13.7. The monoisotopic (exact) mass is 400 g/mol. The second-order valence-corrected chi connectivity index (χ2v) is 7.12. The number of benzene rings is 2. The minimum Gasteiger partial charge on any atom is -0.200 e. The van der Waals surface area contributed by atoms with Crippen molar-refractivity contribution in [1.82, 2.24) is 4.83 Å². The first kappa shape index (κ1) is 15.0. The van der Waals surface area contributed by atoms with E-state index in [-0.39, 0.29) is 4.90 Å². The van der Waals surface area contributed by atoms with Gasteiger partial charge in [-0.3, -0.25) is 0 Å². The van der Waals surface area contributed by atoms with Gasteiger partial charge in [-0.1, -0.05) is 29.8 Å². The number of rotatable bonds is 4. The number of nitrogens with zero attached hydrogens (tertiary/aromatic N) is 1. The van der Waals surface area contributed by atoms with Crippen LogP contribution in [0.15, 0.2) is 58.5 Å². The molecule has 0 aliphatic carbocycles. The Labute approximate surface area is 132 Å². The lowest BCUT2D eigenvalue weighted by atomic mass is 10.2. The van der Waals surface area contributed by atoms with Crippen LogP contribution in [0, 0.1) is 10.5 Å². The van der Waals surface area contributed by atoms with E-state index in [1.54, 1.807) is 24.3 Å². The predicted octanol–water partition coefficient (Wildman–Crippen LogP) is 2.91. The smallest absolute Gasteiger partial charge is 0.200 e. The molecule has 6 heteroatoms. The molecule has 0 saturated carbocycles. The molecule has 0 aliphatic heterocycles. The topological polar surface area (TPSA) is 58.5 Å². The highest BCUT2D eigenvalue weighted by molar-refractivity contribution is 14.1. The second-order valence-electron chi connectivity index (χ2n) is 4.22. The number of hydrogen-bond donors (Lipinski definition) is 1. The molecule has 0 atom stereocenters. The van der Waals surface area contributed by atoms with Gasteiger partial charge in [-0.2, -0.15) is 13.5 Å². The van der Waals surface area contributed by atoms with Gasteiger partial charge in [0, 0.05) is 3.57 Å². The molecular formula is C14H13IN2O2S. The fourth-order valence-corrected chi connectivity index (χ4v) is 2.64. The van der Waals surface area contributed by atoms with E-state index in [9.17, 15) is 8.42 Å². The maximum absolute atomic E-state index is 12.0. The molecule has 0 radical (unpaired) electrons. The van der Waals surface area contributed by atoms with Crippen molar-refractivity contribution in [3.63, 3.8) is 0 Å². The highest BCUT2D eigenvalue weighted by atomic mass is 127. The lowest BCUT2D eigenvalue weighted by molar-refractivity contribution is 0.584. The SMILES string of the molecule is Cc1ccc(S(=O)(=O)NN=Cc2ccc(I)cc2)cc1. The van der Waals surface area contributed by atoms with Crippen LogP contribution < -0.4 is 4.83 Å². The molecule has 0 bridgehead atoms. The summed E-state index contributed by atoms with van der Waals surface area (Å²) in [6.45, 7) is 1.90. The summed E-state index contributed by atoms with van der Waals surface area (Å²) in [4.78, 5) is 2.39. The van der Waals surface area contributed by atoms with E-state index in [4.69, 9.17) is 0 Å². The summed E-state index contributed by atoms with van der Waals surface area (Å²) < 4.78 is 25.0. The normalized spacial score (nSPS) is 11.7.